The molecule has 0 atom stereocenters. The number of likely N-dealkylation sites (N-methyl/N-ethyl adjacent to an activating group) is 1. The second kappa shape index (κ2) is 11.0. The summed E-state index contributed by atoms with van der Waals surface area (Å²) in [6.45, 7) is 9.04. The molecule has 0 spiro atoms. The van der Waals surface area contributed by atoms with Gasteiger partial charge in [0.1, 0.15) is 11.6 Å². The SMILES string of the molecule is COc1cccc(CN(C)CC(=O)N(CC(C)C)c2c(N)n(CC(C)C)c(=O)[nH]c2=O)c1. The molecule has 9 nitrogen and oxygen atoms in total. The van der Waals surface area contributed by atoms with E-state index in [4.69, 9.17) is 10.5 Å². The standard InChI is InChI=1S/C23H35N5O4/c1-15(2)11-27(20-21(24)28(12-16(3)4)23(31)25-22(20)30)19(29)14-26(5)13-17-8-7-9-18(10-17)32-6/h7-10,15-16H,11-14,24H2,1-6H3,(H,25,30,31). The quantitative estimate of drug-likeness (QED) is 0.577. The van der Waals surface area contributed by atoms with Crippen LogP contribution in [0, 0.1) is 11.8 Å². The van der Waals surface area contributed by atoms with Crippen molar-refractivity contribution in [3.8, 4) is 5.75 Å². The van der Waals surface area contributed by atoms with Crippen LogP contribution >= 0.6 is 0 Å². The molecule has 176 valence electrons. The van der Waals surface area contributed by atoms with Gasteiger partial charge in [0.15, 0.2) is 5.69 Å². The number of hydrogen-bond donors (Lipinski definition) is 2. The second-order valence-electron chi connectivity index (χ2n) is 8.92. The summed E-state index contributed by atoms with van der Waals surface area (Å²) < 4.78 is 6.58. The van der Waals surface area contributed by atoms with E-state index in [1.807, 2.05) is 63.9 Å². The van der Waals surface area contributed by atoms with Crippen LogP contribution in [0.5, 0.6) is 5.75 Å². The third-order valence-corrected chi connectivity index (χ3v) is 4.87. The molecule has 1 aromatic carbocycles. The molecular formula is C23H35N5O4. The Morgan fingerprint density at radius 2 is 1.88 bits per heavy atom. The maximum atomic E-state index is 13.3. The van der Waals surface area contributed by atoms with Gasteiger partial charge in [0.2, 0.25) is 5.91 Å². The van der Waals surface area contributed by atoms with E-state index in [1.165, 1.54) is 9.47 Å². The number of carbonyl (C=O) groups is 1. The van der Waals surface area contributed by atoms with E-state index in [0.717, 1.165) is 11.3 Å². The first kappa shape index (κ1) is 25.2. The molecule has 1 amide bonds. The van der Waals surface area contributed by atoms with Gasteiger partial charge in [-0.1, -0.05) is 39.8 Å². The Labute approximate surface area is 188 Å². The number of methoxy groups -OCH3 is 1. The maximum Gasteiger partial charge on any atom is 0.330 e. The predicted molar refractivity (Wildman–Crippen MR) is 127 cm³/mol. The molecule has 0 aliphatic heterocycles. The molecule has 2 rings (SSSR count). The molecule has 0 aliphatic carbocycles. The number of nitrogens with two attached hydrogens (primary N) is 1. The number of nitrogens with one attached hydrogen (secondary N) is 1. The number of aromatic amines is 1. The number of rotatable bonds is 10. The van der Waals surface area contributed by atoms with Gasteiger partial charge in [0.25, 0.3) is 5.56 Å². The molecule has 2 aromatic rings. The third-order valence-electron chi connectivity index (χ3n) is 4.87. The summed E-state index contributed by atoms with van der Waals surface area (Å²) in [5, 5.41) is 0. The fraction of sp³-hybridized carbons (Fsp3) is 0.522. The van der Waals surface area contributed by atoms with Gasteiger partial charge in [-0.15, -0.1) is 0 Å². The second-order valence-corrected chi connectivity index (χ2v) is 8.92. The van der Waals surface area contributed by atoms with Gasteiger partial charge in [0.05, 0.1) is 13.7 Å². The molecule has 9 heteroatoms. The van der Waals surface area contributed by atoms with Crippen LogP contribution in [0.25, 0.3) is 0 Å². The van der Waals surface area contributed by atoms with Crippen LogP contribution in [0.3, 0.4) is 0 Å². The molecule has 0 unspecified atom stereocenters. The maximum absolute atomic E-state index is 13.3. The highest BCUT2D eigenvalue weighted by Crippen LogP contribution is 2.20. The summed E-state index contributed by atoms with van der Waals surface area (Å²) in [4.78, 5) is 43.9. The van der Waals surface area contributed by atoms with Crippen molar-refractivity contribution in [2.75, 3.05) is 37.9 Å². The Hall–Kier alpha value is -3.07. The fourth-order valence-electron chi connectivity index (χ4n) is 3.52. The first-order chi connectivity index (χ1) is 15.0. The van der Waals surface area contributed by atoms with Crippen molar-refractivity contribution in [3.05, 3.63) is 50.7 Å². The number of benzene rings is 1. The normalized spacial score (nSPS) is 11.4. The molecular weight excluding hydrogens is 410 g/mol. The summed E-state index contributed by atoms with van der Waals surface area (Å²) in [5.74, 6) is 0.715. The zero-order valence-electron chi connectivity index (χ0n) is 19.8. The number of ether oxygens (including phenoxy) is 1. The Morgan fingerprint density at radius 3 is 2.47 bits per heavy atom. The Kier molecular flexibility index (Phi) is 8.65. The number of amides is 1. The molecule has 0 aliphatic rings. The lowest BCUT2D eigenvalue weighted by Crippen LogP contribution is -2.46. The van der Waals surface area contributed by atoms with Crippen molar-refractivity contribution >= 4 is 17.4 Å². The summed E-state index contributed by atoms with van der Waals surface area (Å²) in [6, 6.07) is 7.63. The van der Waals surface area contributed by atoms with Gasteiger partial charge in [-0.25, -0.2) is 4.79 Å². The van der Waals surface area contributed by atoms with Crippen molar-refractivity contribution in [1.82, 2.24) is 14.5 Å². The van der Waals surface area contributed by atoms with E-state index in [-0.39, 0.29) is 35.8 Å². The summed E-state index contributed by atoms with van der Waals surface area (Å²) in [6.07, 6.45) is 0. The Balaban J connectivity index is 2.34. The van der Waals surface area contributed by atoms with Crippen LogP contribution in [-0.2, 0) is 17.9 Å². The largest absolute Gasteiger partial charge is 0.497 e. The summed E-state index contributed by atoms with van der Waals surface area (Å²) >= 11 is 0. The van der Waals surface area contributed by atoms with Crippen molar-refractivity contribution in [2.45, 2.75) is 40.8 Å². The van der Waals surface area contributed by atoms with Crippen molar-refractivity contribution < 1.29 is 9.53 Å². The third kappa shape index (κ3) is 6.46. The predicted octanol–water partition coefficient (Wildman–Crippen LogP) is 1.90. The number of anilines is 2. The van der Waals surface area contributed by atoms with E-state index in [2.05, 4.69) is 4.98 Å². The minimum absolute atomic E-state index is 0.0110. The van der Waals surface area contributed by atoms with Crippen LogP contribution in [0.4, 0.5) is 11.5 Å². The topological polar surface area (TPSA) is 114 Å². The molecule has 0 radical (unpaired) electrons. The molecule has 1 aromatic heterocycles. The molecule has 0 fully saturated rings. The first-order valence-electron chi connectivity index (χ1n) is 10.8. The van der Waals surface area contributed by atoms with E-state index in [1.54, 1.807) is 7.11 Å². The first-order valence-corrected chi connectivity index (χ1v) is 10.8. The minimum Gasteiger partial charge on any atom is -0.497 e. The van der Waals surface area contributed by atoms with E-state index >= 15 is 0 Å². The van der Waals surface area contributed by atoms with Gasteiger partial charge in [-0.05, 0) is 36.6 Å². The molecule has 3 N–H and O–H groups in total. The number of aromatic nitrogens is 2. The van der Waals surface area contributed by atoms with Gasteiger partial charge in [0, 0.05) is 19.6 Å². The van der Waals surface area contributed by atoms with Crippen LogP contribution in [-0.4, -0.2) is 47.6 Å². The van der Waals surface area contributed by atoms with Crippen LogP contribution < -0.4 is 26.6 Å². The Bertz CT molecular complexity index is 1040. The molecule has 32 heavy (non-hydrogen) atoms. The number of hydrogen-bond acceptors (Lipinski definition) is 6. The van der Waals surface area contributed by atoms with Crippen molar-refractivity contribution in [1.29, 1.82) is 0 Å². The zero-order chi connectivity index (χ0) is 24.0. The summed E-state index contributed by atoms with van der Waals surface area (Å²) in [5.41, 5.74) is 6.05. The number of nitrogens with zero attached hydrogens (tertiary/aromatic N) is 3. The molecule has 0 saturated carbocycles. The lowest BCUT2D eigenvalue weighted by atomic mass is 10.1. The summed E-state index contributed by atoms with van der Waals surface area (Å²) in [7, 11) is 3.44. The molecule has 0 bridgehead atoms. The average Bonchev–Trinajstić information content (AvgIpc) is 2.69. The fourth-order valence-corrected chi connectivity index (χ4v) is 3.52. The molecule has 0 saturated heterocycles. The van der Waals surface area contributed by atoms with Gasteiger partial charge in [-0.3, -0.25) is 24.0 Å². The van der Waals surface area contributed by atoms with Gasteiger partial charge >= 0.3 is 5.69 Å². The van der Waals surface area contributed by atoms with E-state index < -0.39 is 11.2 Å². The van der Waals surface area contributed by atoms with Crippen LogP contribution in [0.15, 0.2) is 33.9 Å². The highest BCUT2D eigenvalue weighted by atomic mass is 16.5. The van der Waals surface area contributed by atoms with Crippen molar-refractivity contribution in [2.24, 2.45) is 11.8 Å². The van der Waals surface area contributed by atoms with E-state index in [9.17, 15) is 14.4 Å². The number of carbonyl (C=O) groups excluding carboxylic acids is 1. The van der Waals surface area contributed by atoms with Gasteiger partial charge in [-0.2, -0.15) is 0 Å². The van der Waals surface area contributed by atoms with E-state index in [0.29, 0.717) is 19.6 Å². The number of H-pyrrole nitrogens is 1. The number of nitrogen functional groups attached to an aromatic ring is 1. The minimum atomic E-state index is -0.656. The Morgan fingerprint density at radius 1 is 1.19 bits per heavy atom. The van der Waals surface area contributed by atoms with Gasteiger partial charge < -0.3 is 15.4 Å². The smallest absolute Gasteiger partial charge is 0.330 e. The zero-order valence-corrected chi connectivity index (χ0v) is 19.8. The lowest BCUT2D eigenvalue weighted by molar-refractivity contribution is -0.119. The molecule has 1 heterocycles. The van der Waals surface area contributed by atoms with Crippen LogP contribution in [0.2, 0.25) is 0 Å². The lowest BCUT2D eigenvalue weighted by Gasteiger charge is -2.28. The highest BCUT2D eigenvalue weighted by molar-refractivity contribution is 5.96. The highest BCUT2D eigenvalue weighted by Gasteiger charge is 2.26. The van der Waals surface area contributed by atoms with Crippen LogP contribution in [0.1, 0.15) is 33.3 Å². The van der Waals surface area contributed by atoms with Crippen molar-refractivity contribution in [3.63, 3.8) is 0 Å². The monoisotopic (exact) mass is 445 g/mol. The average molecular weight is 446 g/mol.